The van der Waals surface area contributed by atoms with E-state index < -0.39 is 0 Å². The maximum absolute atomic E-state index is 2.45. The van der Waals surface area contributed by atoms with Crippen molar-refractivity contribution in [1.29, 1.82) is 0 Å². The van der Waals surface area contributed by atoms with Crippen LogP contribution in [0.2, 0.25) is 0 Å². The summed E-state index contributed by atoms with van der Waals surface area (Å²) in [6.07, 6.45) is 11.7. The molecule has 0 radical (unpaired) electrons. The molecule has 116 valence electrons. The molecule has 0 fully saturated rings. The van der Waals surface area contributed by atoms with Crippen LogP contribution < -0.4 is 0 Å². The molecule has 3 rings (SSSR count). The Morgan fingerprint density at radius 2 is 1.50 bits per heavy atom. The highest BCUT2D eigenvalue weighted by Gasteiger charge is 2.54. The molecule has 0 aliphatic heterocycles. The molecule has 1 aromatic rings. The summed E-state index contributed by atoms with van der Waals surface area (Å²) < 4.78 is 0. The summed E-state index contributed by atoms with van der Waals surface area (Å²) in [5.41, 5.74) is 4.73. The summed E-state index contributed by atoms with van der Waals surface area (Å²) in [6.45, 7) is 14.3. The Kier molecular flexibility index (Phi) is 3.29. The van der Waals surface area contributed by atoms with Gasteiger partial charge >= 0.3 is 0 Å². The van der Waals surface area contributed by atoms with Crippen molar-refractivity contribution in [2.24, 2.45) is 16.2 Å². The van der Waals surface area contributed by atoms with Gasteiger partial charge in [-0.15, -0.1) is 0 Å². The van der Waals surface area contributed by atoms with Crippen molar-refractivity contribution >= 4 is 6.08 Å². The predicted molar refractivity (Wildman–Crippen MR) is 96.8 cm³/mol. The van der Waals surface area contributed by atoms with E-state index in [0.717, 1.165) is 0 Å². The Hall–Kier alpha value is -1.56. The molecule has 0 bridgehead atoms. The van der Waals surface area contributed by atoms with E-state index in [1.54, 1.807) is 0 Å². The second-order valence-electron chi connectivity index (χ2n) is 8.51. The topological polar surface area (TPSA) is 0 Å². The van der Waals surface area contributed by atoms with Gasteiger partial charge in [-0.3, -0.25) is 0 Å². The van der Waals surface area contributed by atoms with Crippen LogP contribution in [0.4, 0.5) is 0 Å². The highest BCUT2D eigenvalue weighted by Crippen LogP contribution is 2.63. The molecular weight excluding hydrogens is 264 g/mol. The minimum absolute atomic E-state index is 0.0667. The number of hydrogen-bond donors (Lipinski definition) is 0. The maximum Gasteiger partial charge on any atom is 0.0176 e. The molecule has 1 unspecified atom stereocenters. The second kappa shape index (κ2) is 4.72. The Labute approximate surface area is 135 Å². The zero-order valence-electron chi connectivity index (χ0n) is 14.8. The number of fused-ring (bicyclic) bond motifs is 1. The van der Waals surface area contributed by atoms with Gasteiger partial charge in [-0.25, -0.2) is 0 Å². The van der Waals surface area contributed by atoms with E-state index in [2.05, 4.69) is 96.2 Å². The molecule has 0 heteroatoms. The van der Waals surface area contributed by atoms with Gasteiger partial charge in [0.1, 0.15) is 0 Å². The lowest BCUT2D eigenvalue weighted by Crippen LogP contribution is -2.47. The van der Waals surface area contributed by atoms with Gasteiger partial charge in [0, 0.05) is 11.3 Å². The minimum atomic E-state index is 0.0667. The first-order valence-electron chi connectivity index (χ1n) is 8.35. The zero-order valence-corrected chi connectivity index (χ0v) is 14.8. The smallest absolute Gasteiger partial charge is 0.0176 e. The molecule has 0 nitrogen and oxygen atoms in total. The van der Waals surface area contributed by atoms with Gasteiger partial charge in [0.05, 0.1) is 0 Å². The van der Waals surface area contributed by atoms with Crippen LogP contribution in [-0.2, 0) is 0 Å². The standard InChI is InChI=1S/C22H28/c1-16-15-17-11-7-8-12-18(17)19(16)21(5,6)22(20(2,3)4)13-9-10-14-22/h7-15,19H,1-6H3. The molecule has 1 atom stereocenters. The summed E-state index contributed by atoms with van der Waals surface area (Å²) in [5, 5.41) is 0. The van der Waals surface area contributed by atoms with Crippen LogP contribution in [0.5, 0.6) is 0 Å². The van der Waals surface area contributed by atoms with E-state index in [-0.39, 0.29) is 16.2 Å². The maximum atomic E-state index is 2.45. The van der Waals surface area contributed by atoms with Crippen LogP contribution in [-0.4, -0.2) is 0 Å². The van der Waals surface area contributed by atoms with Gasteiger partial charge in [-0.1, -0.05) is 94.8 Å². The lowest BCUT2D eigenvalue weighted by Gasteiger charge is -2.54. The van der Waals surface area contributed by atoms with Crippen LogP contribution in [0.15, 0.2) is 54.1 Å². The number of allylic oxidation sites excluding steroid dienone is 5. The van der Waals surface area contributed by atoms with Gasteiger partial charge in [-0.2, -0.15) is 0 Å². The zero-order chi connectivity index (χ0) is 16.2. The van der Waals surface area contributed by atoms with E-state index in [0.29, 0.717) is 5.92 Å². The molecule has 2 aliphatic carbocycles. The first kappa shape index (κ1) is 15.3. The van der Waals surface area contributed by atoms with Crippen molar-refractivity contribution in [1.82, 2.24) is 0 Å². The molecule has 0 N–H and O–H groups in total. The molecule has 2 aliphatic rings. The summed E-state index contributed by atoms with van der Waals surface area (Å²) in [6, 6.07) is 8.89. The van der Waals surface area contributed by atoms with Gasteiger partial charge < -0.3 is 0 Å². The van der Waals surface area contributed by atoms with Crippen molar-refractivity contribution in [2.45, 2.75) is 47.5 Å². The predicted octanol–water partition coefficient (Wildman–Crippen LogP) is 6.37. The van der Waals surface area contributed by atoms with Crippen LogP contribution in [0.3, 0.4) is 0 Å². The Morgan fingerprint density at radius 1 is 0.909 bits per heavy atom. The molecule has 22 heavy (non-hydrogen) atoms. The highest BCUT2D eigenvalue weighted by molar-refractivity contribution is 5.67. The van der Waals surface area contributed by atoms with Crippen molar-refractivity contribution in [3.63, 3.8) is 0 Å². The van der Waals surface area contributed by atoms with E-state index in [1.807, 2.05) is 0 Å². The Balaban J connectivity index is 2.17. The van der Waals surface area contributed by atoms with Crippen molar-refractivity contribution in [2.75, 3.05) is 0 Å². The summed E-state index contributed by atoms with van der Waals surface area (Å²) >= 11 is 0. The van der Waals surface area contributed by atoms with Gasteiger partial charge in [-0.05, 0) is 28.9 Å². The van der Waals surface area contributed by atoms with Crippen molar-refractivity contribution in [3.8, 4) is 0 Å². The number of hydrogen-bond acceptors (Lipinski definition) is 0. The third-order valence-electron chi connectivity index (χ3n) is 6.00. The fourth-order valence-electron chi connectivity index (χ4n) is 5.04. The van der Waals surface area contributed by atoms with Crippen molar-refractivity contribution < 1.29 is 0 Å². The molecule has 0 heterocycles. The summed E-state index contributed by atoms with van der Waals surface area (Å²) in [5.74, 6) is 0.468. The Bertz CT molecular complexity index is 662. The summed E-state index contributed by atoms with van der Waals surface area (Å²) in [4.78, 5) is 0. The van der Waals surface area contributed by atoms with Gasteiger partial charge in [0.2, 0.25) is 0 Å². The molecular formula is C22H28. The molecule has 0 amide bonds. The normalized spacial score (nSPS) is 22.8. The third kappa shape index (κ3) is 1.89. The minimum Gasteiger partial charge on any atom is -0.0735 e. The van der Waals surface area contributed by atoms with Crippen molar-refractivity contribution in [3.05, 3.63) is 65.3 Å². The van der Waals surface area contributed by atoms with E-state index in [1.165, 1.54) is 16.7 Å². The molecule has 0 aromatic heterocycles. The first-order chi connectivity index (χ1) is 10.2. The third-order valence-corrected chi connectivity index (χ3v) is 6.00. The Morgan fingerprint density at radius 3 is 2.09 bits per heavy atom. The molecule has 0 saturated heterocycles. The highest BCUT2D eigenvalue weighted by atomic mass is 14.6. The molecule has 1 aromatic carbocycles. The monoisotopic (exact) mass is 292 g/mol. The van der Waals surface area contributed by atoms with Crippen LogP contribution >= 0.6 is 0 Å². The quantitative estimate of drug-likeness (QED) is 0.594. The van der Waals surface area contributed by atoms with Crippen LogP contribution in [0.25, 0.3) is 6.08 Å². The van der Waals surface area contributed by atoms with E-state index in [4.69, 9.17) is 0 Å². The second-order valence-corrected chi connectivity index (χ2v) is 8.51. The van der Waals surface area contributed by atoms with E-state index in [9.17, 15) is 0 Å². The summed E-state index contributed by atoms with van der Waals surface area (Å²) in [7, 11) is 0. The SMILES string of the molecule is CC1=Cc2ccccc2C1C(C)(C)C1(C(C)(C)C)C=CC=C1. The van der Waals surface area contributed by atoms with Crippen LogP contribution in [0.1, 0.15) is 58.6 Å². The number of benzene rings is 1. The molecule has 0 spiro atoms. The van der Waals surface area contributed by atoms with Crippen LogP contribution in [0, 0.1) is 16.2 Å². The first-order valence-corrected chi connectivity index (χ1v) is 8.35. The van der Waals surface area contributed by atoms with Gasteiger partial charge in [0.25, 0.3) is 0 Å². The number of rotatable bonds is 2. The average Bonchev–Trinajstić information content (AvgIpc) is 3.01. The lowest BCUT2D eigenvalue weighted by molar-refractivity contribution is 0.0401. The fraction of sp³-hybridized carbons (Fsp3) is 0.455. The van der Waals surface area contributed by atoms with E-state index >= 15 is 0 Å². The van der Waals surface area contributed by atoms with Gasteiger partial charge in [0.15, 0.2) is 0 Å². The average molecular weight is 292 g/mol. The molecule has 0 saturated carbocycles. The fourth-order valence-corrected chi connectivity index (χ4v) is 5.04. The largest absolute Gasteiger partial charge is 0.0735 e. The lowest BCUT2D eigenvalue weighted by atomic mass is 9.49.